The van der Waals surface area contributed by atoms with Crippen LogP contribution in [0.15, 0.2) is 73.4 Å². The summed E-state index contributed by atoms with van der Waals surface area (Å²) in [6.07, 6.45) is 6.75. The Bertz CT molecular complexity index is 1500. The average molecular weight is 439 g/mol. The molecule has 8 nitrogen and oxygen atoms in total. The number of nitrogens with zero attached hydrogens (tertiary/aromatic N) is 4. The maximum Gasteiger partial charge on any atom is 0.244 e. The number of pyridine rings is 1. The van der Waals surface area contributed by atoms with E-state index in [1.165, 1.54) is 0 Å². The van der Waals surface area contributed by atoms with E-state index < -0.39 is 0 Å². The molecule has 0 aliphatic heterocycles. The van der Waals surface area contributed by atoms with Crippen molar-refractivity contribution in [1.82, 2.24) is 19.1 Å². The van der Waals surface area contributed by atoms with Gasteiger partial charge in [-0.2, -0.15) is 0 Å². The Balaban J connectivity index is 1.42. The highest BCUT2D eigenvalue weighted by Gasteiger charge is 2.18. The zero-order valence-electron chi connectivity index (χ0n) is 18.1. The van der Waals surface area contributed by atoms with E-state index >= 15 is 0 Å². The van der Waals surface area contributed by atoms with Gasteiger partial charge in [-0.25, -0.2) is 4.98 Å². The van der Waals surface area contributed by atoms with Crippen LogP contribution in [0.4, 0.5) is 5.69 Å². The minimum Gasteiger partial charge on any atom is -0.497 e. The molecule has 0 aliphatic rings. The van der Waals surface area contributed by atoms with E-state index in [1.807, 2.05) is 29.8 Å². The lowest BCUT2D eigenvalue weighted by Crippen LogP contribution is -2.18. The summed E-state index contributed by atoms with van der Waals surface area (Å²) in [6, 6.07) is 14.3. The highest BCUT2D eigenvalue weighted by Crippen LogP contribution is 2.25. The second kappa shape index (κ2) is 8.23. The van der Waals surface area contributed by atoms with Crippen LogP contribution in [0.5, 0.6) is 5.75 Å². The summed E-state index contributed by atoms with van der Waals surface area (Å²) in [7, 11) is 3.48. The van der Waals surface area contributed by atoms with E-state index in [4.69, 9.17) is 4.74 Å². The van der Waals surface area contributed by atoms with Gasteiger partial charge in [-0.3, -0.25) is 14.6 Å². The van der Waals surface area contributed by atoms with Crippen molar-refractivity contribution in [1.29, 1.82) is 0 Å². The predicted octanol–water partition coefficient (Wildman–Crippen LogP) is 3.80. The number of ketones is 1. The quantitative estimate of drug-likeness (QED) is 0.407. The number of benzene rings is 2. The molecule has 33 heavy (non-hydrogen) atoms. The maximum absolute atomic E-state index is 13.2. The predicted molar refractivity (Wildman–Crippen MR) is 126 cm³/mol. The molecule has 3 heterocycles. The van der Waals surface area contributed by atoms with Crippen molar-refractivity contribution in [3.8, 4) is 5.75 Å². The summed E-state index contributed by atoms with van der Waals surface area (Å²) in [5, 5.41) is 3.67. The van der Waals surface area contributed by atoms with Gasteiger partial charge in [0, 0.05) is 41.6 Å². The maximum atomic E-state index is 13.2. The number of aryl methyl sites for hydroxylation is 1. The second-order valence-corrected chi connectivity index (χ2v) is 7.73. The minimum atomic E-state index is -0.208. The van der Waals surface area contributed by atoms with Crippen molar-refractivity contribution in [3.63, 3.8) is 0 Å². The third kappa shape index (κ3) is 3.82. The van der Waals surface area contributed by atoms with Crippen LogP contribution < -0.4 is 10.1 Å². The summed E-state index contributed by atoms with van der Waals surface area (Å²) in [5.74, 6) is 0.342. The number of ether oxygens (including phenoxy) is 1. The molecule has 8 heteroatoms. The molecule has 1 N–H and O–H groups in total. The van der Waals surface area contributed by atoms with Crippen LogP contribution in [0.25, 0.3) is 21.9 Å². The Hall–Kier alpha value is -4.46. The second-order valence-electron chi connectivity index (χ2n) is 7.73. The number of hydrogen-bond donors (Lipinski definition) is 1. The van der Waals surface area contributed by atoms with Crippen LogP contribution >= 0.6 is 0 Å². The third-order valence-electron chi connectivity index (χ3n) is 5.60. The van der Waals surface area contributed by atoms with Gasteiger partial charge >= 0.3 is 0 Å². The number of carbonyl (C=O) groups excluding carboxylic acids is 2. The molecule has 0 saturated heterocycles. The molecule has 0 saturated carbocycles. The number of rotatable bonds is 6. The molecule has 0 atom stereocenters. The Kier molecular flexibility index (Phi) is 5.10. The fourth-order valence-corrected chi connectivity index (χ4v) is 3.91. The number of fused-ring (bicyclic) bond motifs is 2. The molecule has 0 aliphatic carbocycles. The largest absolute Gasteiger partial charge is 0.497 e. The van der Waals surface area contributed by atoms with E-state index in [9.17, 15) is 9.59 Å². The van der Waals surface area contributed by atoms with Crippen molar-refractivity contribution >= 4 is 39.3 Å². The Labute approximate surface area is 189 Å². The van der Waals surface area contributed by atoms with E-state index in [1.54, 1.807) is 66.9 Å². The molecule has 0 spiro atoms. The lowest BCUT2D eigenvalue weighted by atomic mass is 10.0. The smallest absolute Gasteiger partial charge is 0.244 e. The molecule has 164 valence electrons. The molecule has 0 radical (unpaired) electrons. The minimum absolute atomic E-state index is 0.0432. The fraction of sp³-hybridized carbons (Fsp3) is 0.120. The topological polar surface area (TPSA) is 91.0 Å². The number of anilines is 1. The van der Waals surface area contributed by atoms with Gasteiger partial charge in [-0.15, -0.1) is 0 Å². The van der Waals surface area contributed by atoms with Gasteiger partial charge in [0.25, 0.3) is 0 Å². The molecule has 5 aromatic rings. The standard InChI is InChI=1S/C25H21N5O3/c1-29-15-27-21-8-5-17(11-22(21)29)28-24(31)14-30-13-20(19-9-10-26-12-23(19)30)25(32)16-3-6-18(33-2)7-4-16/h3-13,15H,14H2,1-2H3,(H,28,31). The molecule has 1 amide bonds. The summed E-state index contributed by atoms with van der Waals surface area (Å²) >= 11 is 0. The van der Waals surface area contributed by atoms with Crippen molar-refractivity contribution in [3.05, 3.63) is 84.6 Å². The third-order valence-corrected chi connectivity index (χ3v) is 5.60. The molecule has 0 unspecified atom stereocenters. The molecule has 2 aromatic carbocycles. The highest BCUT2D eigenvalue weighted by molar-refractivity contribution is 6.16. The van der Waals surface area contributed by atoms with Crippen molar-refractivity contribution in [2.75, 3.05) is 12.4 Å². The summed E-state index contributed by atoms with van der Waals surface area (Å²) in [5.41, 5.74) is 4.24. The highest BCUT2D eigenvalue weighted by atomic mass is 16.5. The first-order valence-corrected chi connectivity index (χ1v) is 10.4. The van der Waals surface area contributed by atoms with E-state index in [0.717, 1.165) is 16.4 Å². The SMILES string of the molecule is COc1ccc(C(=O)c2cn(CC(=O)Nc3ccc4ncn(C)c4c3)c3cnccc23)cc1. The summed E-state index contributed by atoms with van der Waals surface area (Å²) in [4.78, 5) is 34.5. The van der Waals surface area contributed by atoms with Gasteiger partial charge in [0.05, 0.1) is 36.2 Å². The Morgan fingerprint density at radius 3 is 2.67 bits per heavy atom. The summed E-state index contributed by atoms with van der Waals surface area (Å²) in [6.45, 7) is 0.0432. The number of carbonyl (C=O) groups is 2. The van der Waals surface area contributed by atoms with Gasteiger partial charge in [-0.05, 0) is 48.5 Å². The van der Waals surface area contributed by atoms with Crippen LogP contribution in [-0.2, 0) is 18.4 Å². The van der Waals surface area contributed by atoms with Crippen molar-refractivity contribution < 1.29 is 14.3 Å². The first-order valence-electron chi connectivity index (χ1n) is 10.4. The van der Waals surface area contributed by atoms with Gasteiger partial charge in [-0.1, -0.05) is 0 Å². The normalized spacial score (nSPS) is 11.1. The Morgan fingerprint density at radius 1 is 1.06 bits per heavy atom. The number of hydrogen-bond acceptors (Lipinski definition) is 5. The monoisotopic (exact) mass is 439 g/mol. The zero-order valence-corrected chi connectivity index (χ0v) is 18.1. The van der Waals surface area contributed by atoms with Crippen LogP contribution in [0, 0.1) is 0 Å². The number of imidazole rings is 1. The number of nitrogens with one attached hydrogen (secondary N) is 1. The molecular formula is C25H21N5O3. The average Bonchev–Trinajstić information content (AvgIpc) is 3.39. The van der Waals surface area contributed by atoms with Gasteiger partial charge in [0.2, 0.25) is 5.91 Å². The van der Waals surface area contributed by atoms with E-state index in [2.05, 4.69) is 15.3 Å². The van der Waals surface area contributed by atoms with Crippen LogP contribution in [0.1, 0.15) is 15.9 Å². The fourth-order valence-electron chi connectivity index (χ4n) is 3.91. The lowest BCUT2D eigenvalue weighted by molar-refractivity contribution is -0.116. The summed E-state index contributed by atoms with van der Waals surface area (Å²) < 4.78 is 8.82. The number of aromatic nitrogens is 4. The first-order chi connectivity index (χ1) is 16.0. The zero-order chi connectivity index (χ0) is 22.9. The van der Waals surface area contributed by atoms with E-state index in [0.29, 0.717) is 28.1 Å². The lowest BCUT2D eigenvalue weighted by Gasteiger charge is -2.08. The van der Waals surface area contributed by atoms with Crippen molar-refractivity contribution in [2.24, 2.45) is 7.05 Å². The molecule has 0 bridgehead atoms. The van der Waals surface area contributed by atoms with Gasteiger partial charge < -0.3 is 19.2 Å². The van der Waals surface area contributed by atoms with Crippen LogP contribution in [0.2, 0.25) is 0 Å². The Morgan fingerprint density at radius 2 is 1.88 bits per heavy atom. The van der Waals surface area contributed by atoms with Gasteiger partial charge in [0.1, 0.15) is 12.3 Å². The van der Waals surface area contributed by atoms with Crippen LogP contribution in [0.3, 0.4) is 0 Å². The first kappa shape index (κ1) is 20.4. The van der Waals surface area contributed by atoms with Crippen molar-refractivity contribution in [2.45, 2.75) is 6.54 Å². The van der Waals surface area contributed by atoms with Crippen LogP contribution in [-0.4, -0.2) is 37.9 Å². The van der Waals surface area contributed by atoms with Gasteiger partial charge in [0.15, 0.2) is 5.78 Å². The van der Waals surface area contributed by atoms with E-state index in [-0.39, 0.29) is 18.2 Å². The number of amides is 1. The molecular weight excluding hydrogens is 418 g/mol. The number of methoxy groups -OCH3 is 1. The molecule has 5 rings (SSSR count). The molecule has 3 aromatic heterocycles. The molecule has 0 fully saturated rings.